The SMILES string of the molecule is O=C(O)c1ccc(F)c2c1C=CCC2. The minimum absolute atomic E-state index is 0.178. The predicted molar refractivity (Wildman–Crippen MR) is 50.7 cm³/mol. The fourth-order valence-corrected chi connectivity index (χ4v) is 1.70. The van der Waals surface area contributed by atoms with Gasteiger partial charge in [-0.2, -0.15) is 0 Å². The molecule has 1 aliphatic rings. The first-order chi connectivity index (χ1) is 6.70. The second-order valence-corrected chi connectivity index (χ2v) is 3.23. The van der Waals surface area contributed by atoms with Crippen molar-refractivity contribution in [3.63, 3.8) is 0 Å². The number of carbonyl (C=O) groups is 1. The second-order valence-electron chi connectivity index (χ2n) is 3.23. The van der Waals surface area contributed by atoms with E-state index >= 15 is 0 Å². The van der Waals surface area contributed by atoms with Gasteiger partial charge in [0.15, 0.2) is 0 Å². The molecule has 2 rings (SSSR count). The second kappa shape index (κ2) is 3.25. The lowest BCUT2D eigenvalue weighted by Gasteiger charge is -2.13. The molecule has 0 radical (unpaired) electrons. The molecule has 0 heterocycles. The highest BCUT2D eigenvalue weighted by Gasteiger charge is 2.17. The van der Waals surface area contributed by atoms with Crippen LogP contribution in [0.4, 0.5) is 4.39 Å². The predicted octanol–water partition coefficient (Wildman–Crippen LogP) is 2.48. The van der Waals surface area contributed by atoms with Crippen LogP contribution in [0.2, 0.25) is 0 Å². The Balaban J connectivity index is 2.67. The van der Waals surface area contributed by atoms with Crippen molar-refractivity contribution >= 4 is 12.0 Å². The highest BCUT2D eigenvalue weighted by molar-refractivity contribution is 5.93. The van der Waals surface area contributed by atoms with Crippen molar-refractivity contribution < 1.29 is 14.3 Å². The molecular formula is C11H9FO2. The largest absolute Gasteiger partial charge is 0.478 e. The molecule has 1 aliphatic carbocycles. The maximum atomic E-state index is 13.3. The Hall–Kier alpha value is -1.64. The summed E-state index contributed by atoms with van der Waals surface area (Å²) in [6.45, 7) is 0. The number of aromatic carboxylic acids is 1. The lowest BCUT2D eigenvalue weighted by atomic mass is 9.93. The van der Waals surface area contributed by atoms with E-state index in [4.69, 9.17) is 5.11 Å². The molecular weight excluding hydrogens is 183 g/mol. The van der Waals surface area contributed by atoms with Crippen LogP contribution >= 0.6 is 0 Å². The Bertz CT molecular complexity index is 422. The summed E-state index contributed by atoms with van der Waals surface area (Å²) >= 11 is 0. The summed E-state index contributed by atoms with van der Waals surface area (Å²) in [7, 11) is 0. The zero-order chi connectivity index (χ0) is 10.1. The van der Waals surface area contributed by atoms with E-state index in [1.54, 1.807) is 6.08 Å². The van der Waals surface area contributed by atoms with E-state index in [2.05, 4.69) is 0 Å². The molecule has 0 amide bonds. The average molecular weight is 192 g/mol. The third-order valence-electron chi connectivity index (χ3n) is 2.38. The van der Waals surface area contributed by atoms with E-state index in [0.717, 1.165) is 6.42 Å². The standard InChI is InChI=1S/C11H9FO2/c12-10-6-5-9(11(13)14)7-3-1-2-4-8(7)10/h1,3,5-6H,2,4H2,(H,13,14). The molecule has 3 heteroatoms. The summed E-state index contributed by atoms with van der Waals surface area (Å²) in [5.74, 6) is -1.32. The molecule has 1 N–H and O–H groups in total. The Morgan fingerprint density at radius 1 is 1.43 bits per heavy atom. The maximum Gasteiger partial charge on any atom is 0.336 e. The molecule has 14 heavy (non-hydrogen) atoms. The Morgan fingerprint density at radius 2 is 2.21 bits per heavy atom. The zero-order valence-corrected chi connectivity index (χ0v) is 7.46. The Kier molecular flexibility index (Phi) is 2.08. The molecule has 0 spiro atoms. The Labute approximate surface area is 80.7 Å². The minimum atomic E-state index is -1.01. The summed E-state index contributed by atoms with van der Waals surface area (Å²) in [5, 5.41) is 8.88. The van der Waals surface area contributed by atoms with Crippen molar-refractivity contribution in [3.8, 4) is 0 Å². The smallest absolute Gasteiger partial charge is 0.336 e. The summed E-state index contributed by atoms with van der Waals surface area (Å²) in [6, 6.07) is 2.54. The lowest BCUT2D eigenvalue weighted by Crippen LogP contribution is -2.07. The van der Waals surface area contributed by atoms with Gasteiger partial charge >= 0.3 is 5.97 Å². The van der Waals surface area contributed by atoms with Crippen molar-refractivity contribution in [1.29, 1.82) is 0 Å². The molecule has 0 fully saturated rings. The van der Waals surface area contributed by atoms with E-state index in [1.807, 2.05) is 6.08 Å². The highest BCUT2D eigenvalue weighted by Crippen LogP contribution is 2.25. The third-order valence-corrected chi connectivity index (χ3v) is 2.38. The fourth-order valence-electron chi connectivity index (χ4n) is 1.70. The van der Waals surface area contributed by atoms with Crippen molar-refractivity contribution in [2.45, 2.75) is 12.8 Å². The Morgan fingerprint density at radius 3 is 2.93 bits per heavy atom. The molecule has 0 saturated carbocycles. The summed E-state index contributed by atoms with van der Waals surface area (Å²) in [4.78, 5) is 10.8. The number of carboxylic acid groups (broad SMARTS) is 1. The van der Waals surface area contributed by atoms with Gasteiger partial charge in [-0.15, -0.1) is 0 Å². The quantitative estimate of drug-likeness (QED) is 0.742. The van der Waals surface area contributed by atoms with Gasteiger partial charge < -0.3 is 5.11 Å². The van der Waals surface area contributed by atoms with Crippen LogP contribution in [0.1, 0.15) is 27.9 Å². The molecule has 0 aromatic heterocycles. The van der Waals surface area contributed by atoms with Gasteiger partial charge in [-0.1, -0.05) is 12.2 Å². The molecule has 2 nitrogen and oxygen atoms in total. The first kappa shape index (κ1) is 8.94. The first-order valence-electron chi connectivity index (χ1n) is 4.41. The van der Waals surface area contributed by atoms with Crippen molar-refractivity contribution in [3.05, 3.63) is 40.7 Å². The number of hydrogen-bond acceptors (Lipinski definition) is 1. The first-order valence-corrected chi connectivity index (χ1v) is 4.41. The normalized spacial score (nSPS) is 13.8. The van der Waals surface area contributed by atoms with Crippen molar-refractivity contribution in [1.82, 2.24) is 0 Å². The third kappa shape index (κ3) is 1.31. The van der Waals surface area contributed by atoms with Crippen LogP contribution in [-0.4, -0.2) is 11.1 Å². The summed E-state index contributed by atoms with van der Waals surface area (Å²) in [6.07, 6.45) is 4.91. The monoisotopic (exact) mass is 192 g/mol. The number of hydrogen-bond donors (Lipinski definition) is 1. The van der Waals surface area contributed by atoms with Crippen LogP contribution in [0.15, 0.2) is 18.2 Å². The number of benzene rings is 1. The molecule has 1 aromatic carbocycles. The molecule has 0 atom stereocenters. The van der Waals surface area contributed by atoms with Crippen LogP contribution in [0.25, 0.3) is 6.08 Å². The van der Waals surface area contributed by atoms with Gasteiger partial charge in [-0.05, 0) is 36.1 Å². The molecule has 0 bridgehead atoms. The summed E-state index contributed by atoms with van der Waals surface area (Å²) < 4.78 is 13.3. The maximum absolute atomic E-state index is 13.3. The van der Waals surface area contributed by atoms with Crippen LogP contribution in [0, 0.1) is 5.82 Å². The van der Waals surface area contributed by atoms with Gasteiger partial charge in [-0.25, -0.2) is 9.18 Å². The van der Waals surface area contributed by atoms with Gasteiger partial charge in [0.1, 0.15) is 5.82 Å². The number of allylic oxidation sites excluding steroid dienone is 1. The number of halogens is 1. The van der Waals surface area contributed by atoms with Crippen molar-refractivity contribution in [2.24, 2.45) is 0 Å². The number of rotatable bonds is 1. The van der Waals surface area contributed by atoms with Crippen LogP contribution in [-0.2, 0) is 6.42 Å². The molecule has 1 aromatic rings. The molecule has 72 valence electrons. The topological polar surface area (TPSA) is 37.3 Å². The van der Waals surface area contributed by atoms with Crippen LogP contribution in [0.3, 0.4) is 0 Å². The van der Waals surface area contributed by atoms with Gasteiger partial charge in [0.05, 0.1) is 5.56 Å². The van der Waals surface area contributed by atoms with E-state index in [9.17, 15) is 9.18 Å². The van der Waals surface area contributed by atoms with Crippen LogP contribution in [0.5, 0.6) is 0 Å². The van der Waals surface area contributed by atoms with Crippen LogP contribution < -0.4 is 0 Å². The molecule has 0 unspecified atom stereocenters. The molecule has 0 saturated heterocycles. The van der Waals surface area contributed by atoms with Gasteiger partial charge in [-0.3, -0.25) is 0 Å². The highest BCUT2D eigenvalue weighted by atomic mass is 19.1. The van der Waals surface area contributed by atoms with Gasteiger partial charge in [0, 0.05) is 0 Å². The average Bonchev–Trinajstić information content (AvgIpc) is 2.18. The van der Waals surface area contributed by atoms with Gasteiger partial charge in [0.2, 0.25) is 0 Å². The molecule has 0 aliphatic heterocycles. The van der Waals surface area contributed by atoms with Crippen molar-refractivity contribution in [2.75, 3.05) is 0 Å². The number of carboxylic acids is 1. The fraction of sp³-hybridized carbons (Fsp3) is 0.182. The zero-order valence-electron chi connectivity index (χ0n) is 7.46. The van der Waals surface area contributed by atoms with E-state index in [1.165, 1.54) is 12.1 Å². The number of fused-ring (bicyclic) bond motifs is 1. The summed E-state index contributed by atoms with van der Waals surface area (Å²) in [5.41, 5.74) is 1.22. The minimum Gasteiger partial charge on any atom is -0.478 e. The van der Waals surface area contributed by atoms with E-state index < -0.39 is 5.97 Å². The van der Waals surface area contributed by atoms with E-state index in [-0.39, 0.29) is 11.4 Å². The van der Waals surface area contributed by atoms with E-state index in [0.29, 0.717) is 17.5 Å². The lowest BCUT2D eigenvalue weighted by molar-refractivity contribution is 0.0696. The van der Waals surface area contributed by atoms with Gasteiger partial charge in [0.25, 0.3) is 0 Å².